The predicted molar refractivity (Wildman–Crippen MR) is 56.1 cm³/mol. The number of rotatable bonds is 5. The molecule has 0 saturated carbocycles. The highest BCUT2D eigenvalue weighted by Gasteiger charge is 2.21. The van der Waals surface area contributed by atoms with Crippen molar-refractivity contribution in [1.82, 2.24) is 4.72 Å². The smallest absolute Gasteiger partial charge is 0.209 e. The maximum Gasteiger partial charge on any atom is 0.209 e. The van der Waals surface area contributed by atoms with Crippen molar-refractivity contribution in [2.24, 2.45) is 5.92 Å². The summed E-state index contributed by atoms with van der Waals surface area (Å²) in [6, 6.07) is 0. The summed E-state index contributed by atoms with van der Waals surface area (Å²) in [5.41, 5.74) is -0.322. The Labute approximate surface area is 82.0 Å². The van der Waals surface area contributed by atoms with Crippen LogP contribution in [0.2, 0.25) is 0 Å². The van der Waals surface area contributed by atoms with Crippen LogP contribution in [0.4, 0.5) is 0 Å². The molecule has 13 heavy (non-hydrogen) atoms. The maximum atomic E-state index is 11.0. The highest BCUT2D eigenvalue weighted by Crippen LogP contribution is 2.16. The average molecular weight is 207 g/mol. The van der Waals surface area contributed by atoms with Gasteiger partial charge in [-0.1, -0.05) is 13.8 Å². The van der Waals surface area contributed by atoms with Gasteiger partial charge in [0, 0.05) is 5.54 Å². The Balaban J connectivity index is 4.09. The van der Waals surface area contributed by atoms with Crippen molar-refractivity contribution in [2.45, 2.75) is 46.1 Å². The molecule has 0 aliphatic rings. The van der Waals surface area contributed by atoms with Gasteiger partial charge in [0.05, 0.1) is 6.26 Å². The first-order valence-electron chi connectivity index (χ1n) is 4.61. The lowest BCUT2D eigenvalue weighted by molar-refractivity contribution is 0.380. The minimum Gasteiger partial charge on any atom is -0.213 e. The molecule has 0 unspecified atom stereocenters. The number of nitrogens with one attached hydrogen (secondary N) is 1. The van der Waals surface area contributed by atoms with Gasteiger partial charge in [0.1, 0.15) is 0 Å². The van der Waals surface area contributed by atoms with Crippen LogP contribution < -0.4 is 4.72 Å². The van der Waals surface area contributed by atoms with Gasteiger partial charge in [0.25, 0.3) is 0 Å². The quantitative estimate of drug-likeness (QED) is 0.746. The summed E-state index contributed by atoms with van der Waals surface area (Å²) in [7, 11) is -3.08. The minimum absolute atomic E-state index is 0.322. The monoisotopic (exact) mass is 207 g/mol. The van der Waals surface area contributed by atoms with E-state index in [1.54, 1.807) is 0 Å². The largest absolute Gasteiger partial charge is 0.213 e. The molecular formula is C9H21NO2S. The average Bonchev–Trinajstić information content (AvgIpc) is 1.78. The summed E-state index contributed by atoms with van der Waals surface area (Å²) >= 11 is 0. The molecule has 0 fully saturated rings. The first kappa shape index (κ1) is 12.9. The molecule has 0 atom stereocenters. The lowest BCUT2D eigenvalue weighted by Crippen LogP contribution is -2.42. The third-order valence-electron chi connectivity index (χ3n) is 1.81. The maximum absolute atomic E-state index is 11.0. The SMILES string of the molecule is CC(C)CCC(C)(C)NS(C)(=O)=O. The van der Waals surface area contributed by atoms with Crippen molar-refractivity contribution in [2.75, 3.05) is 6.26 Å². The molecule has 0 amide bonds. The Hall–Kier alpha value is -0.0900. The number of hydrogen-bond acceptors (Lipinski definition) is 2. The Morgan fingerprint density at radius 2 is 1.77 bits per heavy atom. The Morgan fingerprint density at radius 1 is 1.31 bits per heavy atom. The molecule has 0 spiro atoms. The van der Waals surface area contributed by atoms with E-state index < -0.39 is 10.0 Å². The van der Waals surface area contributed by atoms with Gasteiger partial charge in [-0.15, -0.1) is 0 Å². The molecule has 0 aromatic heterocycles. The van der Waals surface area contributed by atoms with Crippen LogP contribution >= 0.6 is 0 Å². The van der Waals surface area contributed by atoms with E-state index in [9.17, 15) is 8.42 Å². The summed E-state index contributed by atoms with van der Waals surface area (Å²) in [6.07, 6.45) is 3.11. The van der Waals surface area contributed by atoms with E-state index in [1.807, 2.05) is 13.8 Å². The van der Waals surface area contributed by atoms with E-state index >= 15 is 0 Å². The molecular weight excluding hydrogens is 186 g/mol. The summed E-state index contributed by atoms with van der Waals surface area (Å²) in [5, 5.41) is 0. The molecule has 1 N–H and O–H groups in total. The van der Waals surface area contributed by atoms with E-state index in [-0.39, 0.29) is 5.54 Å². The molecule has 80 valence electrons. The van der Waals surface area contributed by atoms with Gasteiger partial charge in [-0.05, 0) is 32.6 Å². The molecule has 4 heteroatoms. The number of hydrogen-bond donors (Lipinski definition) is 1. The van der Waals surface area contributed by atoms with Crippen molar-refractivity contribution in [3.63, 3.8) is 0 Å². The topological polar surface area (TPSA) is 46.2 Å². The van der Waals surface area contributed by atoms with Gasteiger partial charge < -0.3 is 0 Å². The highest BCUT2D eigenvalue weighted by molar-refractivity contribution is 7.88. The van der Waals surface area contributed by atoms with Crippen LogP contribution in [-0.4, -0.2) is 20.2 Å². The fourth-order valence-electron chi connectivity index (χ4n) is 1.20. The predicted octanol–water partition coefficient (Wildman–Crippen LogP) is 1.75. The number of sulfonamides is 1. The summed E-state index contributed by atoms with van der Waals surface area (Å²) in [4.78, 5) is 0. The van der Waals surface area contributed by atoms with Gasteiger partial charge in [-0.2, -0.15) is 0 Å². The van der Waals surface area contributed by atoms with Gasteiger partial charge in [0.15, 0.2) is 0 Å². The molecule has 0 radical (unpaired) electrons. The van der Waals surface area contributed by atoms with Crippen LogP contribution in [0.1, 0.15) is 40.5 Å². The second-order valence-electron chi connectivity index (χ2n) is 4.69. The Morgan fingerprint density at radius 3 is 2.08 bits per heavy atom. The van der Waals surface area contributed by atoms with Gasteiger partial charge >= 0.3 is 0 Å². The van der Waals surface area contributed by atoms with Crippen molar-refractivity contribution in [1.29, 1.82) is 0 Å². The van der Waals surface area contributed by atoms with Gasteiger partial charge in [-0.3, -0.25) is 0 Å². The lowest BCUT2D eigenvalue weighted by atomic mass is 9.95. The summed E-state index contributed by atoms with van der Waals surface area (Å²) in [5.74, 6) is 0.612. The normalized spacial score (nSPS) is 13.7. The first-order valence-corrected chi connectivity index (χ1v) is 6.50. The van der Waals surface area contributed by atoms with E-state index in [4.69, 9.17) is 0 Å². The molecule has 3 nitrogen and oxygen atoms in total. The van der Waals surface area contributed by atoms with E-state index in [0.29, 0.717) is 5.92 Å². The van der Waals surface area contributed by atoms with Crippen LogP contribution in [0.5, 0.6) is 0 Å². The second kappa shape index (κ2) is 4.42. The second-order valence-corrected chi connectivity index (χ2v) is 6.44. The standard InChI is InChI=1S/C9H21NO2S/c1-8(2)6-7-9(3,4)10-13(5,11)12/h8,10H,6-7H2,1-5H3. The Bertz CT molecular complexity index is 242. The third-order valence-corrected chi connectivity index (χ3v) is 2.73. The van der Waals surface area contributed by atoms with Crippen molar-refractivity contribution in [3.05, 3.63) is 0 Å². The van der Waals surface area contributed by atoms with Crippen LogP contribution in [-0.2, 0) is 10.0 Å². The molecule has 0 rings (SSSR count). The minimum atomic E-state index is -3.08. The third kappa shape index (κ3) is 8.25. The van der Waals surface area contributed by atoms with Crippen LogP contribution in [0.3, 0.4) is 0 Å². The fourth-order valence-corrected chi connectivity index (χ4v) is 2.31. The molecule has 0 aromatic carbocycles. The van der Waals surface area contributed by atoms with Crippen molar-refractivity contribution < 1.29 is 8.42 Å². The Kier molecular flexibility index (Phi) is 4.39. The summed E-state index contributed by atoms with van der Waals surface area (Å²) in [6.45, 7) is 8.10. The summed E-state index contributed by atoms with van der Waals surface area (Å²) < 4.78 is 24.6. The lowest BCUT2D eigenvalue weighted by Gasteiger charge is -2.25. The molecule has 0 saturated heterocycles. The zero-order valence-electron chi connectivity index (χ0n) is 9.22. The highest BCUT2D eigenvalue weighted by atomic mass is 32.2. The molecule has 0 bridgehead atoms. The van der Waals surface area contributed by atoms with Crippen molar-refractivity contribution >= 4 is 10.0 Å². The fraction of sp³-hybridized carbons (Fsp3) is 1.00. The molecule has 0 aliphatic heterocycles. The molecule has 0 heterocycles. The van der Waals surface area contributed by atoms with E-state index in [0.717, 1.165) is 12.8 Å². The molecule has 0 aromatic rings. The van der Waals surface area contributed by atoms with Gasteiger partial charge in [-0.25, -0.2) is 13.1 Å². The van der Waals surface area contributed by atoms with Crippen molar-refractivity contribution in [3.8, 4) is 0 Å². The van der Waals surface area contributed by atoms with Gasteiger partial charge in [0.2, 0.25) is 10.0 Å². The van der Waals surface area contributed by atoms with Crippen LogP contribution in [0, 0.1) is 5.92 Å². The first-order chi connectivity index (χ1) is 5.62. The zero-order chi connectivity index (χ0) is 10.7. The van der Waals surface area contributed by atoms with Crippen LogP contribution in [0.25, 0.3) is 0 Å². The van der Waals surface area contributed by atoms with Crippen LogP contribution in [0.15, 0.2) is 0 Å². The zero-order valence-corrected chi connectivity index (χ0v) is 10.0. The van der Waals surface area contributed by atoms with E-state index in [2.05, 4.69) is 18.6 Å². The molecule has 0 aliphatic carbocycles. The van der Waals surface area contributed by atoms with E-state index in [1.165, 1.54) is 6.26 Å².